The van der Waals surface area contributed by atoms with Gasteiger partial charge in [0.15, 0.2) is 0 Å². The predicted molar refractivity (Wildman–Crippen MR) is 111 cm³/mol. The molecule has 1 aliphatic rings. The lowest BCUT2D eigenvalue weighted by atomic mass is 10.2. The molecule has 1 aliphatic heterocycles. The molecule has 2 heterocycles. The lowest BCUT2D eigenvalue weighted by Gasteiger charge is -2.36. The summed E-state index contributed by atoms with van der Waals surface area (Å²) in [7, 11) is 0. The van der Waals surface area contributed by atoms with Crippen molar-refractivity contribution in [3.8, 4) is 6.07 Å². The monoisotopic (exact) mass is 384 g/mol. The summed E-state index contributed by atoms with van der Waals surface area (Å²) < 4.78 is 0. The lowest BCUT2D eigenvalue weighted by molar-refractivity contribution is 0.0746. The van der Waals surface area contributed by atoms with Crippen LogP contribution in [0.25, 0.3) is 0 Å². The molecule has 1 saturated heterocycles. The minimum absolute atomic E-state index is 0.0595. The van der Waals surface area contributed by atoms with Gasteiger partial charge in [-0.25, -0.2) is 9.97 Å². The third-order valence-electron chi connectivity index (χ3n) is 4.83. The van der Waals surface area contributed by atoms with Crippen LogP contribution in [-0.4, -0.2) is 47.0 Å². The highest BCUT2D eigenvalue weighted by molar-refractivity contribution is 5.94. The summed E-state index contributed by atoms with van der Waals surface area (Å²) >= 11 is 0. The first-order chi connectivity index (χ1) is 14.2. The molecule has 0 spiro atoms. The van der Waals surface area contributed by atoms with Crippen LogP contribution >= 0.6 is 0 Å². The van der Waals surface area contributed by atoms with E-state index in [0.29, 0.717) is 30.2 Å². The number of hydrogen-bond acceptors (Lipinski definition) is 6. The molecular weight excluding hydrogens is 364 g/mol. The van der Waals surface area contributed by atoms with Gasteiger partial charge in [-0.2, -0.15) is 5.26 Å². The third kappa shape index (κ3) is 4.33. The number of para-hydroxylation sites is 1. The summed E-state index contributed by atoms with van der Waals surface area (Å²) in [6, 6.07) is 19.4. The summed E-state index contributed by atoms with van der Waals surface area (Å²) in [6.07, 6.45) is 3.07. The summed E-state index contributed by atoms with van der Waals surface area (Å²) in [5.41, 5.74) is 2.92. The van der Waals surface area contributed by atoms with Crippen LogP contribution in [0.3, 0.4) is 0 Å². The van der Waals surface area contributed by atoms with E-state index in [1.165, 1.54) is 18.1 Å². The Hall–Kier alpha value is -3.92. The average Bonchev–Trinajstić information content (AvgIpc) is 2.80. The molecular formula is C22H20N6O. The number of amides is 1. The molecule has 1 aromatic heterocycles. The highest BCUT2D eigenvalue weighted by atomic mass is 16.2. The molecule has 0 bridgehead atoms. The van der Waals surface area contributed by atoms with E-state index in [-0.39, 0.29) is 5.91 Å². The van der Waals surface area contributed by atoms with Gasteiger partial charge in [0.1, 0.15) is 0 Å². The van der Waals surface area contributed by atoms with Crippen molar-refractivity contribution in [3.63, 3.8) is 0 Å². The van der Waals surface area contributed by atoms with E-state index in [1.807, 2.05) is 29.2 Å². The molecule has 0 atom stereocenters. The van der Waals surface area contributed by atoms with E-state index in [1.54, 1.807) is 18.2 Å². The van der Waals surface area contributed by atoms with Crippen molar-refractivity contribution in [3.05, 3.63) is 78.1 Å². The second-order valence-corrected chi connectivity index (χ2v) is 6.73. The maximum absolute atomic E-state index is 12.8. The molecule has 1 amide bonds. The molecule has 0 aliphatic carbocycles. The molecule has 29 heavy (non-hydrogen) atoms. The Morgan fingerprint density at radius 2 is 1.69 bits per heavy atom. The standard InChI is InChI=1S/C22H20N6O/c23-14-17-5-4-6-19(13-17)26-22-24-15-18(16-25-22)21(29)28-11-9-27(10-12-28)20-7-2-1-3-8-20/h1-8,13,15-16H,9-12H2,(H,24,25,26). The van der Waals surface area contributed by atoms with Crippen molar-refractivity contribution in [2.45, 2.75) is 0 Å². The summed E-state index contributed by atoms with van der Waals surface area (Å²) in [4.78, 5) is 25.4. The smallest absolute Gasteiger partial charge is 0.257 e. The van der Waals surface area contributed by atoms with Crippen LogP contribution in [-0.2, 0) is 0 Å². The van der Waals surface area contributed by atoms with Gasteiger partial charge in [-0.3, -0.25) is 4.79 Å². The zero-order chi connectivity index (χ0) is 20.1. The van der Waals surface area contributed by atoms with Crippen LogP contribution in [0.5, 0.6) is 0 Å². The topological polar surface area (TPSA) is 85.1 Å². The van der Waals surface area contributed by atoms with Gasteiger partial charge in [-0.05, 0) is 30.3 Å². The molecule has 2 aromatic carbocycles. The Kier molecular flexibility index (Phi) is 5.34. The number of piperazine rings is 1. The van der Waals surface area contributed by atoms with Gasteiger partial charge in [-0.15, -0.1) is 0 Å². The van der Waals surface area contributed by atoms with E-state index < -0.39 is 0 Å². The van der Waals surface area contributed by atoms with Crippen molar-refractivity contribution < 1.29 is 4.79 Å². The SMILES string of the molecule is N#Cc1cccc(Nc2ncc(C(=O)N3CCN(c4ccccc4)CC3)cn2)c1. The molecule has 1 fully saturated rings. The van der Waals surface area contributed by atoms with Crippen molar-refractivity contribution in [1.82, 2.24) is 14.9 Å². The highest BCUT2D eigenvalue weighted by Gasteiger charge is 2.22. The zero-order valence-corrected chi connectivity index (χ0v) is 15.8. The first-order valence-electron chi connectivity index (χ1n) is 9.41. The van der Waals surface area contributed by atoms with Gasteiger partial charge in [0, 0.05) is 49.9 Å². The number of benzene rings is 2. The molecule has 4 rings (SSSR count). The van der Waals surface area contributed by atoms with Crippen LogP contribution in [0.1, 0.15) is 15.9 Å². The quantitative estimate of drug-likeness (QED) is 0.744. The fourth-order valence-corrected chi connectivity index (χ4v) is 3.29. The normalized spacial score (nSPS) is 13.6. The molecule has 7 nitrogen and oxygen atoms in total. The second kappa shape index (κ2) is 8.40. The summed E-state index contributed by atoms with van der Waals surface area (Å²) in [6.45, 7) is 2.92. The fourth-order valence-electron chi connectivity index (χ4n) is 3.29. The molecule has 144 valence electrons. The number of nitrogens with one attached hydrogen (secondary N) is 1. The van der Waals surface area contributed by atoms with Gasteiger partial charge in [0.05, 0.1) is 17.2 Å². The van der Waals surface area contributed by atoms with Crippen LogP contribution in [0.2, 0.25) is 0 Å². The van der Waals surface area contributed by atoms with Crippen molar-refractivity contribution in [1.29, 1.82) is 5.26 Å². The number of rotatable bonds is 4. The number of aromatic nitrogens is 2. The Morgan fingerprint density at radius 3 is 2.38 bits per heavy atom. The maximum Gasteiger partial charge on any atom is 0.257 e. The van der Waals surface area contributed by atoms with Gasteiger partial charge in [0.25, 0.3) is 5.91 Å². The van der Waals surface area contributed by atoms with Crippen molar-refractivity contribution in [2.75, 3.05) is 36.4 Å². The Bertz CT molecular complexity index is 1020. The summed E-state index contributed by atoms with van der Waals surface area (Å²) in [5.74, 6) is 0.321. The maximum atomic E-state index is 12.8. The third-order valence-corrected chi connectivity index (χ3v) is 4.83. The largest absolute Gasteiger partial charge is 0.368 e. The molecule has 0 unspecified atom stereocenters. The zero-order valence-electron chi connectivity index (χ0n) is 15.8. The van der Waals surface area contributed by atoms with E-state index in [4.69, 9.17) is 5.26 Å². The minimum atomic E-state index is -0.0595. The Balaban J connectivity index is 1.36. The number of nitrogens with zero attached hydrogens (tertiary/aromatic N) is 5. The van der Waals surface area contributed by atoms with Gasteiger partial charge < -0.3 is 15.1 Å². The van der Waals surface area contributed by atoms with Crippen molar-refractivity contribution >= 4 is 23.2 Å². The van der Waals surface area contributed by atoms with E-state index >= 15 is 0 Å². The Labute approximate surface area is 169 Å². The molecule has 1 N–H and O–H groups in total. The van der Waals surface area contributed by atoms with Crippen LogP contribution in [0.4, 0.5) is 17.3 Å². The van der Waals surface area contributed by atoms with Gasteiger partial charge in [0.2, 0.25) is 5.95 Å². The fraction of sp³-hybridized carbons (Fsp3) is 0.182. The minimum Gasteiger partial charge on any atom is -0.368 e. The number of nitriles is 1. The van der Waals surface area contributed by atoms with Gasteiger partial charge in [-0.1, -0.05) is 24.3 Å². The van der Waals surface area contributed by atoms with Gasteiger partial charge >= 0.3 is 0 Å². The lowest BCUT2D eigenvalue weighted by Crippen LogP contribution is -2.48. The van der Waals surface area contributed by atoms with Crippen LogP contribution in [0, 0.1) is 11.3 Å². The van der Waals surface area contributed by atoms with Crippen molar-refractivity contribution in [2.24, 2.45) is 0 Å². The van der Waals surface area contributed by atoms with E-state index in [2.05, 4.69) is 38.4 Å². The first kappa shape index (κ1) is 18.4. The average molecular weight is 384 g/mol. The molecule has 0 saturated carbocycles. The number of anilines is 3. The number of carbonyl (C=O) groups excluding carboxylic acids is 1. The number of carbonyl (C=O) groups is 1. The van der Waals surface area contributed by atoms with E-state index in [0.717, 1.165) is 18.8 Å². The van der Waals surface area contributed by atoms with Crippen LogP contribution in [0.15, 0.2) is 67.0 Å². The van der Waals surface area contributed by atoms with Crippen LogP contribution < -0.4 is 10.2 Å². The predicted octanol–water partition coefficient (Wildman–Crippen LogP) is 3.05. The molecule has 0 radical (unpaired) electrons. The first-order valence-corrected chi connectivity index (χ1v) is 9.41. The highest BCUT2D eigenvalue weighted by Crippen LogP contribution is 2.17. The second-order valence-electron chi connectivity index (χ2n) is 6.73. The Morgan fingerprint density at radius 1 is 0.966 bits per heavy atom. The molecule has 7 heteroatoms. The summed E-state index contributed by atoms with van der Waals surface area (Å²) in [5, 5.41) is 12.0. The number of hydrogen-bond donors (Lipinski definition) is 1. The van der Waals surface area contributed by atoms with E-state index in [9.17, 15) is 4.79 Å². The molecule has 3 aromatic rings.